The van der Waals surface area contributed by atoms with Crippen molar-refractivity contribution in [3.63, 3.8) is 0 Å². The topological polar surface area (TPSA) is 12.0 Å². The van der Waals surface area contributed by atoms with Crippen molar-refractivity contribution in [1.29, 1.82) is 0 Å². The van der Waals surface area contributed by atoms with Gasteiger partial charge in [0.2, 0.25) is 0 Å². The molecular formula is C15H21BrClN. The Morgan fingerprint density at radius 1 is 1.50 bits per heavy atom. The summed E-state index contributed by atoms with van der Waals surface area (Å²) in [5.41, 5.74) is 2.38. The summed E-state index contributed by atoms with van der Waals surface area (Å²) in [7, 11) is 0. The summed E-state index contributed by atoms with van der Waals surface area (Å²) in [4.78, 5) is 0. The molecule has 1 atom stereocenters. The van der Waals surface area contributed by atoms with Crippen LogP contribution in [0.25, 0.3) is 0 Å². The van der Waals surface area contributed by atoms with E-state index < -0.39 is 0 Å². The van der Waals surface area contributed by atoms with E-state index >= 15 is 0 Å². The molecule has 18 heavy (non-hydrogen) atoms. The first-order chi connectivity index (χ1) is 8.56. The molecule has 1 nitrogen and oxygen atoms in total. The summed E-state index contributed by atoms with van der Waals surface area (Å²) in [5, 5.41) is 4.38. The van der Waals surface area contributed by atoms with Crippen molar-refractivity contribution >= 4 is 27.5 Å². The van der Waals surface area contributed by atoms with Gasteiger partial charge in [-0.2, -0.15) is 0 Å². The molecule has 0 bridgehead atoms. The summed E-state index contributed by atoms with van der Waals surface area (Å²) >= 11 is 9.86. The van der Waals surface area contributed by atoms with Gasteiger partial charge in [0.25, 0.3) is 0 Å². The molecule has 1 unspecified atom stereocenters. The Kier molecular flexibility index (Phi) is 6.98. The van der Waals surface area contributed by atoms with Crippen molar-refractivity contribution in [3.05, 3.63) is 45.4 Å². The average molecular weight is 331 g/mol. The number of halogens is 2. The maximum absolute atomic E-state index is 6.37. The van der Waals surface area contributed by atoms with Crippen LogP contribution in [0.1, 0.15) is 44.7 Å². The highest BCUT2D eigenvalue weighted by atomic mass is 79.9. The minimum absolute atomic E-state index is 0.298. The zero-order chi connectivity index (χ0) is 13.5. The van der Waals surface area contributed by atoms with Crippen molar-refractivity contribution in [3.8, 4) is 0 Å². The zero-order valence-electron chi connectivity index (χ0n) is 11.1. The molecule has 1 aromatic carbocycles. The Labute approximate surface area is 124 Å². The number of hydrogen-bond acceptors (Lipinski definition) is 1. The molecular weight excluding hydrogens is 310 g/mol. The second-order valence-electron chi connectivity index (χ2n) is 4.65. The molecule has 0 heterocycles. The first-order valence-corrected chi connectivity index (χ1v) is 7.55. The molecule has 0 spiro atoms. The highest BCUT2D eigenvalue weighted by molar-refractivity contribution is 9.10. The molecule has 1 aromatic rings. The van der Waals surface area contributed by atoms with Crippen LogP contribution in [0.5, 0.6) is 0 Å². The molecule has 0 aromatic heterocycles. The third-order valence-corrected chi connectivity index (χ3v) is 4.17. The van der Waals surface area contributed by atoms with Gasteiger partial charge in [-0.05, 0) is 60.3 Å². The number of hydrogen-bond donors (Lipinski definition) is 1. The summed E-state index contributed by atoms with van der Waals surface area (Å²) < 4.78 is 0.959. The Bertz CT molecular complexity index is 403. The molecule has 0 radical (unpaired) electrons. The third kappa shape index (κ3) is 4.75. The summed E-state index contributed by atoms with van der Waals surface area (Å²) in [5.74, 6) is 0. The molecule has 0 aliphatic heterocycles. The number of rotatable bonds is 7. The van der Waals surface area contributed by atoms with Gasteiger partial charge in [0.1, 0.15) is 0 Å². The van der Waals surface area contributed by atoms with E-state index in [9.17, 15) is 0 Å². The third-order valence-electron chi connectivity index (χ3n) is 2.86. The zero-order valence-corrected chi connectivity index (χ0v) is 13.4. The molecule has 1 N–H and O–H groups in total. The smallest absolute Gasteiger partial charge is 0.0595 e. The lowest BCUT2D eigenvalue weighted by Crippen LogP contribution is -2.22. The van der Waals surface area contributed by atoms with E-state index in [0.717, 1.165) is 35.3 Å². The highest BCUT2D eigenvalue weighted by Gasteiger charge is 2.15. The van der Waals surface area contributed by atoms with E-state index in [-0.39, 0.29) is 0 Å². The Balaban J connectivity index is 2.86. The second kappa shape index (κ2) is 7.98. The minimum atomic E-state index is 0.298. The fourth-order valence-corrected chi connectivity index (χ4v) is 2.51. The molecule has 1 rings (SSSR count). The van der Waals surface area contributed by atoms with E-state index in [2.05, 4.69) is 47.7 Å². The van der Waals surface area contributed by atoms with E-state index in [1.54, 1.807) is 0 Å². The quantitative estimate of drug-likeness (QED) is 0.651. The maximum Gasteiger partial charge on any atom is 0.0595 e. The molecule has 3 heteroatoms. The van der Waals surface area contributed by atoms with Crippen molar-refractivity contribution in [1.82, 2.24) is 5.32 Å². The van der Waals surface area contributed by atoms with Gasteiger partial charge < -0.3 is 5.32 Å². The van der Waals surface area contributed by atoms with Gasteiger partial charge in [0.15, 0.2) is 0 Å². The van der Waals surface area contributed by atoms with Crippen molar-refractivity contribution in [2.24, 2.45) is 0 Å². The first kappa shape index (κ1) is 15.7. The van der Waals surface area contributed by atoms with Crippen molar-refractivity contribution in [2.75, 3.05) is 6.54 Å². The molecule has 0 saturated carbocycles. The van der Waals surface area contributed by atoms with Crippen LogP contribution >= 0.6 is 27.5 Å². The van der Waals surface area contributed by atoms with Crippen LogP contribution in [0.4, 0.5) is 0 Å². The second-order valence-corrected chi connectivity index (χ2v) is 5.88. The van der Waals surface area contributed by atoms with Gasteiger partial charge in [0.05, 0.1) is 5.02 Å². The van der Waals surface area contributed by atoms with Crippen LogP contribution in [0.15, 0.2) is 34.8 Å². The monoisotopic (exact) mass is 329 g/mol. The SMILES string of the molecule is C=C(C)CCC(NCCC)c1cccc(Br)c1Cl. The standard InChI is InChI=1S/C15H21BrClN/c1-4-10-18-14(9-8-11(2)3)12-6-5-7-13(16)15(12)17/h5-7,14,18H,2,4,8-10H2,1,3H3. The van der Waals surface area contributed by atoms with Gasteiger partial charge in [-0.3, -0.25) is 0 Å². The maximum atomic E-state index is 6.37. The Hall–Kier alpha value is -0.310. The normalized spacial score (nSPS) is 12.4. The fraction of sp³-hybridized carbons (Fsp3) is 0.467. The largest absolute Gasteiger partial charge is 0.310 e. The molecule has 100 valence electrons. The van der Waals surface area contributed by atoms with E-state index in [1.807, 2.05) is 12.1 Å². The highest BCUT2D eigenvalue weighted by Crippen LogP contribution is 2.32. The van der Waals surface area contributed by atoms with Gasteiger partial charge in [-0.15, -0.1) is 6.58 Å². The lowest BCUT2D eigenvalue weighted by Gasteiger charge is -2.20. The first-order valence-electron chi connectivity index (χ1n) is 6.38. The fourth-order valence-electron chi connectivity index (χ4n) is 1.87. The molecule has 0 saturated heterocycles. The van der Waals surface area contributed by atoms with Crippen LogP contribution in [0, 0.1) is 0 Å². The predicted octanol–water partition coefficient (Wildman–Crippen LogP) is 5.50. The van der Waals surface area contributed by atoms with Gasteiger partial charge in [0, 0.05) is 10.5 Å². The van der Waals surface area contributed by atoms with Crippen LogP contribution in [-0.4, -0.2) is 6.54 Å². The number of nitrogens with one attached hydrogen (secondary N) is 1. The van der Waals surface area contributed by atoms with Crippen molar-refractivity contribution in [2.45, 2.75) is 39.2 Å². The number of benzene rings is 1. The summed E-state index contributed by atoms with van der Waals surface area (Å²) in [6.07, 6.45) is 3.17. The molecule has 0 aliphatic carbocycles. The van der Waals surface area contributed by atoms with E-state index in [1.165, 1.54) is 11.1 Å². The molecule has 0 aliphatic rings. The summed E-state index contributed by atoms with van der Waals surface area (Å²) in [6, 6.07) is 6.40. The van der Waals surface area contributed by atoms with Crippen LogP contribution in [0.2, 0.25) is 5.02 Å². The van der Waals surface area contributed by atoms with Crippen LogP contribution < -0.4 is 5.32 Å². The lowest BCUT2D eigenvalue weighted by atomic mass is 9.99. The minimum Gasteiger partial charge on any atom is -0.310 e. The van der Waals surface area contributed by atoms with E-state index in [0.29, 0.717) is 6.04 Å². The lowest BCUT2D eigenvalue weighted by molar-refractivity contribution is 0.499. The Morgan fingerprint density at radius 2 is 2.22 bits per heavy atom. The van der Waals surface area contributed by atoms with Crippen LogP contribution in [0.3, 0.4) is 0 Å². The van der Waals surface area contributed by atoms with Crippen LogP contribution in [-0.2, 0) is 0 Å². The molecule has 0 amide bonds. The average Bonchev–Trinajstić information content (AvgIpc) is 2.33. The van der Waals surface area contributed by atoms with Gasteiger partial charge in [-0.1, -0.05) is 36.2 Å². The number of allylic oxidation sites excluding steroid dienone is 1. The summed E-state index contributed by atoms with van der Waals surface area (Å²) in [6.45, 7) is 9.22. The molecule has 0 fully saturated rings. The van der Waals surface area contributed by atoms with Gasteiger partial charge >= 0.3 is 0 Å². The van der Waals surface area contributed by atoms with Crippen molar-refractivity contribution < 1.29 is 0 Å². The van der Waals surface area contributed by atoms with E-state index in [4.69, 9.17) is 11.6 Å². The Morgan fingerprint density at radius 3 is 2.83 bits per heavy atom. The van der Waals surface area contributed by atoms with Gasteiger partial charge in [-0.25, -0.2) is 0 Å². The predicted molar refractivity (Wildman–Crippen MR) is 84.2 cm³/mol.